The number of ketones is 1. The third-order valence-electron chi connectivity index (χ3n) is 4.43. The zero-order chi connectivity index (χ0) is 12.6. The zero-order valence-corrected chi connectivity index (χ0v) is 12.5. The predicted octanol–water partition coefficient (Wildman–Crippen LogP) is 5.12. The van der Waals surface area contributed by atoms with Crippen LogP contribution in [0.2, 0.25) is 0 Å². The minimum Gasteiger partial charge on any atom is -0.300 e. The van der Waals surface area contributed by atoms with Crippen LogP contribution in [0.5, 0.6) is 0 Å². The first-order chi connectivity index (χ1) is 8.84. The Hall–Kier alpha value is 0.0200. The van der Waals surface area contributed by atoms with Crippen LogP contribution in [0.3, 0.4) is 0 Å². The van der Waals surface area contributed by atoms with Gasteiger partial charge in [0.15, 0.2) is 0 Å². The van der Waals surface area contributed by atoms with Crippen molar-refractivity contribution in [3.63, 3.8) is 0 Å². The van der Waals surface area contributed by atoms with Crippen LogP contribution >= 0.6 is 11.8 Å². The molecule has 2 fully saturated rings. The average molecular weight is 268 g/mol. The lowest BCUT2D eigenvalue weighted by Gasteiger charge is -2.26. The van der Waals surface area contributed by atoms with E-state index in [0.29, 0.717) is 5.78 Å². The van der Waals surface area contributed by atoms with E-state index in [9.17, 15) is 4.79 Å². The molecule has 0 radical (unpaired) electrons. The zero-order valence-electron chi connectivity index (χ0n) is 11.7. The normalized spacial score (nSPS) is 26.1. The summed E-state index contributed by atoms with van der Waals surface area (Å²) in [4.78, 5) is 11.3. The van der Waals surface area contributed by atoms with Crippen molar-refractivity contribution in [1.29, 1.82) is 0 Å². The van der Waals surface area contributed by atoms with Gasteiger partial charge >= 0.3 is 0 Å². The van der Waals surface area contributed by atoms with E-state index in [1.165, 1.54) is 57.8 Å². The van der Waals surface area contributed by atoms with Gasteiger partial charge in [0.2, 0.25) is 0 Å². The highest BCUT2D eigenvalue weighted by atomic mass is 32.2. The summed E-state index contributed by atoms with van der Waals surface area (Å²) in [5.41, 5.74) is 0. The fraction of sp³-hybridized carbons (Fsp3) is 0.938. The number of hydrogen-bond donors (Lipinski definition) is 0. The molecule has 0 atom stereocenters. The highest BCUT2D eigenvalue weighted by molar-refractivity contribution is 8.00. The van der Waals surface area contributed by atoms with Crippen molar-refractivity contribution in [2.75, 3.05) is 0 Å². The fourth-order valence-electron chi connectivity index (χ4n) is 3.23. The lowest BCUT2D eigenvalue weighted by atomic mass is 9.99. The van der Waals surface area contributed by atoms with Crippen molar-refractivity contribution in [1.82, 2.24) is 0 Å². The quantitative estimate of drug-likeness (QED) is 0.691. The molecule has 0 bridgehead atoms. The van der Waals surface area contributed by atoms with E-state index >= 15 is 0 Å². The Morgan fingerprint density at radius 3 is 1.67 bits per heavy atom. The maximum Gasteiger partial charge on any atom is 0.132 e. The SMILES string of the molecule is O=C1CCC(SC2CCCCCCCCC2)CC1. The van der Waals surface area contributed by atoms with Gasteiger partial charge in [0, 0.05) is 23.3 Å². The standard InChI is InChI=1S/C16H28OS/c17-14-10-12-16(13-11-14)18-15-8-6-4-2-1-3-5-7-9-15/h15-16H,1-13H2. The van der Waals surface area contributed by atoms with Gasteiger partial charge in [-0.3, -0.25) is 4.79 Å². The van der Waals surface area contributed by atoms with Crippen molar-refractivity contribution in [2.45, 2.75) is 94.0 Å². The minimum absolute atomic E-state index is 0.498. The molecule has 0 saturated heterocycles. The number of carbonyl (C=O) groups excluding carboxylic acids is 1. The summed E-state index contributed by atoms with van der Waals surface area (Å²) in [6.45, 7) is 0. The lowest BCUT2D eigenvalue weighted by molar-refractivity contribution is -0.120. The first-order valence-corrected chi connectivity index (χ1v) is 8.96. The van der Waals surface area contributed by atoms with E-state index < -0.39 is 0 Å². The van der Waals surface area contributed by atoms with E-state index in [2.05, 4.69) is 11.8 Å². The summed E-state index contributed by atoms with van der Waals surface area (Å²) >= 11 is 2.23. The maximum atomic E-state index is 11.3. The van der Waals surface area contributed by atoms with Crippen LogP contribution < -0.4 is 0 Å². The van der Waals surface area contributed by atoms with Gasteiger partial charge in [0.25, 0.3) is 0 Å². The molecule has 0 aromatic rings. The second-order valence-corrected chi connectivity index (χ2v) is 7.65. The number of hydrogen-bond acceptors (Lipinski definition) is 2. The topological polar surface area (TPSA) is 17.1 Å². The molecule has 0 aromatic heterocycles. The maximum absolute atomic E-state index is 11.3. The van der Waals surface area contributed by atoms with Crippen molar-refractivity contribution < 1.29 is 4.79 Å². The van der Waals surface area contributed by atoms with Crippen LogP contribution in [0.15, 0.2) is 0 Å². The van der Waals surface area contributed by atoms with Gasteiger partial charge < -0.3 is 0 Å². The summed E-state index contributed by atoms with van der Waals surface area (Å²) < 4.78 is 0. The van der Waals surface area contributed by atoms with Gasteiger partial charge in [-0.25, -0.2) is 0 Å². The summed E-state index contributed by atoms with van der Waals surface area (Å²) in [7, 11) is 0. The van der Waals surface area contributed by atoms with Gasteiger partial charge in [-0.15, -0.1) is 0 Å². The van der Waals surface area contributed by atoms with E-state index in [4.69, 9.17) is 0 Å². The second-order valence-electron chi connectivity index (χ2n) is 6.05. The van der Waals surface area contributed by atoms with E-state index in [0.717, 1.165) is 36.2 Å². The lowest BCUT2D eigenvalue weighted by Crippen LogP contribution is -2.19. The Morgan fingerprint density at radius 2 is 1.11 bits per heavy atom. The molecule has 2 rings (SSSR count). The van der Waals surface area contributed by atoms with Crippen LogP contribution in [0.25, 0.3) is 0 Å². The molecule has 0 aliphatic heterocycles. The molecular formula is C16H28OS. The smallest absolute Gasteiger partial charge is 0.132 e. The van der Waals surface area contributed by atoms with Crippen LogP contribution in [-0.4, -0.2) is 16.3 Å². The highest BCUT2D eigenvalue weighted by Gasteiger charge is 2.22. The molecule has 0 unspecified atom stereocenters. The van der Waals surface area contributed by atoms with Crippen molar-refractivity contribution in [3.8, 4) is 0 Å². The number of Topliss-reactive ketones (excluding diaryl/α,β-unsaturated/α-hetero) is 1. The molecule has 2 aliphatic rings. The molecule has 104 valence electrons. The largest absolute Gasteiger partial charge is 0.300 e. The third kappa shape index (κ3) is 5.34. The van der Waals surface area contributed by atoms with Crippen molar-refractivity contribution in [3.05, 3.63) is 0 Å². The summed E-state index contributed by atoms with van der Waals surface area (Å²) in [5, 5.41) is 1.68. The summed E-state index contributed by atoms with van der Waals surface area (Å²) in [6, 6.07) is 0. The molecule has 0 amide bonds. The Kier molecular flexibility index (Phi) is 6.61. The number of thioether (sulfide) groups is 1. The van der Waals surface area contributed by atoms with E-state index in [1.807, 2.05) is 0 Å². The van der Waals surface area contributed by atoms with Crippen LogP contribution in [-0.2, 0) is 4.79 Å². The summed E-state index contributed by atoms with van der Waals surface area (Å²) in [5.74, 6) is 0.498. The first-order valence-electron chi connectivity index (χ1n) is 8.02. The van der Waals surface area contributed by atoms with Gasteiger partial charge in [0.05, 0.1) is 0 Å². The number of carbonyl (C=O) groups is 1. The highest BCUT2D eigenvalue weighted by Crippen LogP contribution is 2.34. The molecule has 0 heterocycles. The Balaban J connectivity index is 1.72. The van der Waals surface area contributed by atoms with Crippen molar-refractivity contribution in [2.24, 2.45) is 0 Å². The van der Waals surface area contributed by atoms with Crippen LogP contribution in [0.1, 0.15) is 83.5 Å². The Morgan fingerprint density at radius 1 is 0.667 bits per heavy atom. The molecule has 0 spiro atoms. The van der Waals surface area contributed by atoms with Crippen molar-refractivity contribution >= 4 is 17.5 Å². The number of rotatable bonds is 2. The van der Waals surface area contributed by atoms with Gasteiger partial charge in [-0.05, 0) is 25.7 Å². The summed E-state index contributed by atoms with van der Waals surface area (Å²) in [6.07, 6.45) is 17.0. The third-order valence-corrected chi connectivity index (χ3v) is 6.14. The minimum atomic E-state index is 0.498. The Bertz CT molecular complexity index is 231. The van der Waals surface area contributed by atoms with Gasteiger partial charge in [-0.1, -0.05) is 44.9 Å². The van der Waals surface area contributed by atoms with E-state index in [1.54, 1.807) is 0 Å². The molecule has 1 nitrogen and oxygen atoms in total. The molecule has 18 heavy (non-hydrogen) atoms. The fourth-order valence-corrected chi connectivity index (χ4v) is 4.89. The van der Waals surface area contributed by atoms with Crippen LogP contribution in [0.4, 0.5) is 0 Å². The van der Waals surface area contributed by atoms with Gasteiger partial charge in [-0.2, -0.15) is 11.8 Å². The molecule has 2 aliphatic carbocycles. The first kappa shape index (κ1) is 14.4. The van der Waals surface area contributed by atoms with Gasteiger partial charge in [0.1, 0.15) is 5.78 Å². The molecule has 0 N–H and O–H groups in total. The Labute approximate surface area is 116 Å². The molecule has 0 aromatic carbocycles. The average Bonchev–Trinajstić information content (AvgIpc) is 2.40. The molecular weight excluding hydrogens is 240 g/mol. The monoisotopic (exact) mass is 268 g/mol. The van der Waals surface area contributed by atoms with Crippen LogP contribution in [0, 0.1) is 0 Å². The molecule has 2 heteroatoms. The van der Waals surface area contributed by atoms with E-state index in [-0.39, 0.29) is 0 Å². The molecule has 2 saturated carbocycles. The second kappa shape index (κ2) is 8.24. The predicted molar refractivity (Wildman–Crippen MR) is 80.2 cm³/mol.